The number of hydrogen-bond acceptors (Lipinski definition) is 6. The second-order valence-corrected chi connectivity index (χ2v) is 9.22. The van der Waals surface area contributed by atoms with Crippen molar-refractivity contribution in [3.63, 3.8) is 0 Å². The molecule has 0 bridgehead atoms. The predicted molar refractivity (Wildman–Crippen MR) is 144 cm³/mol. The standard InChI is InChI=1S/C22H27N3O.C8H8O3/c1-17(24)12-19-13-20-8-10-25(22(20)21(14-19)15-23)9-5-11-26-16-18-6-3-2-4-7-18;9-7(8(10)11)6-4-2-1-3-5-6/h2-4,6-7,13-14,17H,5,8-12,16,24H2,1H3;1-5,7,9H,(H,10,11)/t17-;/m1./s1. The molecule has 0 saturated heterocycles. The number of nitrogens with two attached hydrogens (primary N) is 1. The first-order chi connectivity index (χ1) is 17.9. The van der Waals surface area contributed by atoms with Gasteiger partial charge in [0.25, 0.3) is 0 Å². The van der Waals surface area contributed by atoms with Crippen LogP contribution in [-0.2, 0) is 29.0 Å². The quantitative estimate of drug-likeness (QED) is 0.356. The molecule has 1 unspecified atom stereocenters. The van der Waals surface area contributed by atoms with Gasteiger partial charge in [0.05, 0.1) is 17.9 Å². The van der Waals surface area contributed by atoms with E-state index < -0.39 is 12.1 Å². The predicted octanol–water partition coefficient (Wildman–Crippen LogP) is 4.22. The van der Waals surface area contributed by atoms with Crippen LogP contribution in [-0.4, -0.2) is 41.9 Å². The third-order valence-corrected chi connectivity index (χ3v) is 6.07. The Hall–Kier alpha value is -3.70. The molecule has 4 N–H and O–H groups in total. The average Bonchev–Trinajstić information content (AvgIpc) is 3.31. The molecular weight excluding hydrogens is 466 g/mol. The molecule has 3 aromatic rings. The highest BCUT2D eigenvalue weighted by Gasteiger charge is 2.23. The van der Waals surface area contributed by atoms with Gasteiger partial charge in [-0.2, -0.15) is 5.26 Å². The molecule has 7 nitrogen and oxygen atoms in total. The van der Waals surface area contributed by atoms with E-state index in [9.17, 15) is 10.1 Å². The van der Waals surface area contributed by atoms with Crippen LogP contribution in [0.5, 0.6) is 0 Å². The minimum Gasteiger partial charge on any atom is -0.479 e. The molecule has 0 saturated carbocycles. The van der Waals surface area contributed by atoms with Crippen LogP contribution in [0.3, 0.4) is 0 Å². The van der Waals surface area contributed by atoms with E-state index in [1.807, 2.05) is 31.2 Å². The number of anilines is 1. The topological polar surface area (TPSA) is 120 Å². The number of fused-ring (bicyclic) bond motifs is 1. The first kappa shape index (κ1) is 27.9. The van der Waals surface area contributed by atoms with Crippen molar-refractivity contribution in [1.29, 1.82) is 5.26 Å². The number of aliphatic carboxylic acids is 1. The van der Waals surface area contributed by atoms with E-state index in [1.165, 1.54) is 16.7 Å². The van der Waals surface area contributed by atoms with E-state index >= 15 is 0 Å². The lowest BCUT2D eigenvalue weighted by Gasteiger charge is -2.21. The van der Waals surface area contributed by atoms with Gasteiger partial charge < -0.3 is 25.6 Å². The Kier molecular flexibility index (Phi) is 10.7. The first-order valence-electron chi connectivity index (χ1n) is 12.5. The number of carbonyl (C=O) groups is 1. The zero-order valence-electron chi connectivity index (χ0n) is 21.2. The van der Waals surface area contributed by atoms with Crippen LogP contribution in [0.25, 0.3) is 0 Å². The Morgan fingerprint density at radius 3 is 2.41 bits per heavy atom. The summed E-state index contributed by atoms with van der Waals surface area (Å²) in [6, 6.07) is 25.2. The molecule has 0 fully saturated rings. The smallest absolute Gasteiger partial charge is 0.337 e. The van der Waals surface area contributed by atoms with Crippen LogP contribution in [0.2, 0.25) is 0 Å². The third-order valence-electron chi connectivity index (χ3n) is 6.07. The molecule has 1 aliphatic rings. The zero-order chi connectivity index (χ0) is 26.6. The molecule has 1 aliphatic heterocycles. The van der Waals surface area contributed by atoms with E-state index in [0.29, 0.717) is 12.2 Å². The summed E-state index contributed by atoms with van der Waals surface area (Å²) in [5.41, 5.74) is 11.9. The Morgan fingerprint density at radius 1 is 1.11 bits per heavy atom. The van der Waals surface area contributed by atoms with Crippen LogP contribution in [0.1, 0.15) is 47.3 Å². The number of rotatable bonds is 10. The molecule has 4 rings (SSSR count). The molecule has 2 atom stereocenters. The first-order valence-corrected chi connectivity index (χ1v) is 12.5. The number of ether oxygens (including phenoxy) is 1. The van der Waals surface area contributed by atoms with Crippen molar-refractivity contribution in [3.05, 3.63) is 101 Å². The Labute approximate surface area is 218 Å². The normalized spacial score (nSPS) is 13.6. The summed E-state index contributed by atoms with van der Waals surface area (Å²) in [6.07, 6.45) is 1.37. The van der Waals surface area contributed by atoms with Gasteiger partial charge in [-0.3, -0.25) is 0 Å². The number of aliphatic hydroxyl groups is 1. The maximum Gasteiger partial charge on any atom is 0.337 e. The summed E-state index contributed by atoms with van der Waals surface area (Å²) < 4.78 is 5.78. The molecule has 0 amide bonds. The van der Waals surface area contributed by atoms with Gasteiger partial charge in [-0.25, -0.2) is 4.79 Å². The molecule has 0 radical (unpaired) electrons. The highest BCUT2D eigenvalue weighted by atomic mass is 16.5. The van der Waals surface area contributed by atoms with E-state index in [2.05, 4.69) is 29.2 Å². The summed E-state index contributed by atoms with van der Waals surface area (Å²) in [4.78, 5) is 12.6. The van der Waals surface area contributed by atoms with Crippen molar-refractivity contribution >= 4 is 11.7 Å². The third kappa shape index (κ3) is 8.43. The molecule has 7 heteroatoms. The summed E-state index contributed by atoms with van der Waals surface area (Å²) in [5.74, 6) is -1.23. The van der Waals surface area contributed by atoms with Gasteiger partial charge in [-0.05, 0) is 54.5 Å². The van der Waals surface area contributed by atoms with Crippen LogP contribution in [0.15, 0.2) is 72.8 Å². The molecule has 194 valence electrons. The Morgan fingerprint density at radius 2 is 1.78 bits per heavy atom. The fraction of sp³-hybridized carbons (Fsp3) is 0.333. The average molecular weight is 502 g/mol. The minimum atomic E-state index is -1.41. The maximum atomic E-state index is 10.2. The molecule has 3 aromatic carbocycles. The van der Waals surface area contributed by atoms with Gasteiger partial charge >= 0.3 is 5.97 Å². The van der Waals surface area contributed by atoms with Crippen LogP contribution < -0.4 is 10.6 Å². The summed E-state index contributed by atoms with van der Waals surface area (Å²) in [7, 11) is 0. The fourth-order valence-electron chi connectivity index (χ4n) is 4.39. The van der Waals surface area contributed by atoms with Crippen molar-refractivity contribution in [1.82, 2.24) is 0 Å². The number of nitrogens with zero attached hydrogens (tertiary/aromatic N) is 2. The van der Waals surface area contributed by atoms with Crippen LogP contribution in [0.4, 0.5) is 5.69 Å². The van der Waals surface area contributed by atoms with E-state index in [1.54, 1.807) is 30.3 Å². The van der Waals surface area contributed by atoms with Crippen molar-refractivity contribution in [2.45, 2.75) is 44.9 Å². The van der Waals surface area contributed by atoms with E-state index in [-0.39, 0.29) is 6.04 Å². The van der Waals surface area contributed by atoms with E-state index in [0.717, 1.165) is 50.2 Å². The van der Waals surface area contributed by atoms with Gasteiger partial charge in [0.15, 0.2) is 6.10 Å². The van der Waals surface area contributed by atoms with Crippen LogP contribution in [0, 0.1) is 11.3 Å². The lowest BCUT2D eigenvalue weighted by atomic mass is 9.99. The van der Waals surface area contributed by atoms with Crippen molar-refractivity contribution in [3.8, 4) is 6.07 Å². The number of carboxylic acids is 1. The van der Waals surface area contributed by atoms with Gasteiger partial charge in [-0.1, -0.05) is 66.7 Å². The van der Waals surface area contributed by atoms with E-state index in [4.69, 9.17) is 20.7 Å². The molecular formula is C30H35N3O4. The van der Waals surface area contributed by atoms with Crippen molar-refractivity contribution < 1.29 is 19.7 Å². The number of nitriles is 1. The van der Waals surface area contributed by atoms with Gasteiger partial charge in [0, 0.05) is 25.7 Å². The van der Waals surface area contributed by atoms with Gasteiger partial charge in [0.1, 0.15) is 6.07 Å². The van der Waals surface area contributed by atoms with Crippen molar-refractivity contribution in [2.24, 2.45) is 5.73 Å². The fourth-order valence-corrected chi connectivity index (χ4v) is 4.39. The second-order valence-electron chi connectivity index (χ2n) is 9.22. The molecule has 0 aliphatic carbocycles. The minimum absolute atomic E-state index is 0.110. The van der Waals surface area contributed by atoms with Gasteiger partial charge in [0.2, 0.25) is 0 Å². The number of hydrogen-bond donors (Lipinski definition) is 3. The SMILES string of the molecule is C[C@@H](N)Cc1cc(C#N)c2c(c1)CCN2CCCOCc1ccccc1.O=C(O)C(O)c1ccccc1. The summed E-state index contributed by atoms with van der Waals surface area (Å²) in [5, 5.41) is 27.0. The van der Waals surface area contributed by atoms with Crippen LogP contribution >= 0.6 is 0 Å². The number of carboxylic acid groups (broad SMARTS) is 1. The lowest BCUT2D eigenvalue weighted by Crippen LogP contribution is -2.23. The van der Waals surface area contributed by atoms with Crippen molar-refractivity contribution in [2.75, 3.05) is 24.6 Å². The number of aliphatic hydroxyl groups excluding tert-OH is 1. The molecule has 37 heavy (non-hydrogen) atoms. The highest BCUT2D eigenvalue weighted by molar-refractivity contribution is 5.73. The zero-order valence-corrected chi connectivity index (χ0v) is 21.2. The largest absolute Gasteiger partial charge is 0.479 e. The van der Waals surface area contributed by atoms with Gasteiger partial charge in [-0.15, -0.1) is 0 Å². The Bertz CT molecular complexity index is 1180. The summed E-state index contributed by atoms with van der Waals surface area (Å²) in [6.45, 7) is 5.28. The molecule has 0 spiro atoms. The molecule has 1 heterocycles. The number of benzene rings is 3. The summed E-state index contributed by atoms with van der Waals surface area (Å²) >= 11 is 0. The monoisotopic (exact) mass is 501 g/mol. The lowest BCUT2D eigenvalue weighted by molar-refractivity contribution is -0.146. The molecule has 0 aromatic heterocycles. The maximum absolute atomic E-state index is 10.2. The highest BCUT2D eigenvalue weighted by Crippen LogP contribution is 2.33. The second kappa shape index (κ2) is 14.1. The Balaban J connectivity index is 0.000000289.